The fourth-order valence-corrected chi connectivity index (χ4v) is 3.05. The van der Waals surface area contributed by atoms with Crippen molar-refractivity contribution in [2.45, 2.75) is 39.1 Å². The summed E-state index contributed by atoms with van der Waals surface area (Å²) < 4.78 is 6.08. The molecule has 0 heterocycles. The standard InChI is InChI=1S/C24H26O2/c1-4-24(3,22-8-6-5-7-9-22)26-23(25)21-16-14-20(15-17-21)19-12-10-18(2)11-13-19/h5-17,23,25H,4H2,1-3H3. The maximum Gasteiger partial charge on any atom is 0.182 e. The molecule has 3 aromatic rings. The average Bonchev–Trinajstić information content (AvgIpc) is 2.69. The zero-order chi connectivity index (χ0) is 18.6. The molecule has 2 nitrogen and oxygen atoms in total. The van der Waals surface area contributed by atoms with Crippen LogP contribution in [0.3, 0.4) is 0 Å². The van der Waals surface area contributed by atoms with Crippen molar-refractivity contribution in [3.8, 4) is 11.1 Å². The van der Waals surface area contributed by atoms with Gasteiger partial charge < -0.3 is 9.84 Å². The summed E-state index contributed by atoms with van der Waals surface area (Å²) in [5.41, 5.74) is 4.83. The second kappa shape index (κ2) is 7.86. The molecule has 26 heavy (non-hydrogen) atoms. The summed E-state index contributed by atoms with van der Waals surface area (Å²) in [6.45, 7) is 6.17. The first kappa shape index (κ1) is 18.4. The van der Waals surface area contributed by atoms with Gasteiger partial charge in [-0.2, -0.15) is 0 Å². The predicted octanol–water partition coefficient (Wildman–Crippen LogP) is 5.99. The van der Waals surface area contributed by atoms with Gasteiger partial charge in [-0.25, -0.2) is 0 Å². The predicted molar refractivity (Wildman–Crippen MR) is 107 cm³/mol. The Morgan fingerprint density at radius 2 is 1.38 bits per heavy atom. The van der Waals surface area contributed by atoms with Gasteiger partial charge in [0.1, 0.15) is 0 Å². The maximum absolute atomic E-state index is 10.6. The van der Waals surface area contributed by atoms with Crippen LogP contribution in [0, 0.1) is 6.92 Å². The molecule has 3 aromatic carbocycles. The molecule has 1 N–H and O–H groups in total. The van der Waals surface area contributed by atoms with Crippen LogP contribution in [0.1, 0.15) is 43.2 Å². The largest absolute Gasteiger partial charge is 0.364 e. The van der Waals surface area contributed by atoms with Crippen LogP contribution in [0.2, 0.25) is 0 Å². The minimum absolute atomic E-state index is 0.531. The Bertz CT molecular complexity index is 822. The lowest BCUT2D eigenvalue weighted by molar-refractivity contribution is -0.189. The molecule has 0 spiro atoms. The number of hydrogen-bond acceptors (Lipinski definition) is 2. The first-order valence-corrected chi connectivity index (χ1v) is 9.10. The first-order valence-electron chi connectivity index (χ1n) is 9.10. The van der Waals surface area contributed by atoms with Crippen LogP contribution in [-0.2, 0) is 10.3 Å². The van der Waals surface area contributed by atoms with Crippen LogP contribution in [0.5, 0.6) is 0 Å². The number of aryl methyl sites for hydroxylation is 1. The van der Waals surface area contributed by atoms with E-state index in [0.29, 0.717) is 0 Å². The molecule has 0 amide bonds. The van der Waals surface area contributed by atoms with E-state index in [1.807, 2.05) is 61.5 Å². The van der Waals surface area contributed by atoms with Crippen molar-refractivity contribution in [3.05, 3.63) is 95.6 Å². The summed E-state index contributed by atoms with van der Waals surface area (Å²) in [6.07, 6.45) is -0.192. The highest BCUT2D eigenvalue weighted by molar-refractivity contribution is 5.63. The minimum Gasteiger partial charge on any atom is -0.364 e. The van der Waals surface area contributed by atoms with Crippen molar-refractivity contribution in [2.75, 3.05) is 0 Å². The highest BCUT2D eigenvalue weighted by atomic mass is 16.6. The number of aliphatic hydroxyl groups excluding tert-OH is 1. The lowest BCUT2D eigenvalue weighted by atomic mass is 9.93. The lowest BCUT2D eigenvalue weighted by Gasteiger charge is -2.32. The molecule has 0 saturated carbocycles. The molecule has 2 atom stereocenters. The quantitative estimate of drug-likeness (QED) is 0.555. The Morgan fingerprint density at radius 1 is 0.846 bits per heavy atom. The van der Waals surface area contributed by atoms with Gasteiger partial charge in [0.15, 0.2) is 6.29 Å². The van der Waals surface area contributed by atoms with Crippen LogP contribution in [0.25, 0.3) is 11.1 Å². The molecule has 3 rings (SSSR count). The zero-order valence-corrected chi connectivity index (χ0v) is 15.6. The van der Waals surface area contributed by atoms with Gasteiger partial charge >= 0.3 is 0 Å². The van der Waals surface area contributed by atoms with Crippen molar-refractivity contribution in [1.29, 1.82) is 0 Å². The molecule has 0 radical (unpaired) electrons. The van der Waals surface area contributed by atoms with Crippen LogP contribution in [0.15, 0.2) is 78.9 Å². The molecule has 0 fully saturated rings. The van der Waals surface area contributed by atoms with Crippen molar-refractivity contribution < 1.29 is 9.84 Å². The summed E-state index contributed by atoms with van der Waals surface area (Å²) in [5, 5.41) is 10.6. The highest BCUT2D eigenvalue weighted by Crippen LogP contribution is 2.34. The van der Waals surface area contributed by atoms with E-state index in [0.717, 1.165) is 23.1 Å². The molecular formula is C24H26O2. The molecular weight excluding hydrogens is 320 g/mol. The van der Waals surface area contributed by atoms with Gasteiger partial charge in [-0.15, -0.1) is 0 Å². The summed E-state index contributed by atoms with van der Waals surface area (Å²) >= 11 is 0. The topological polar surface area (TPSA) is 29.5 Å². The number of hydrogen-bond donors (Lipinski definition) is 1. The maximum atomic E-state index is 10.6. The van der Waals surface area contributed by atoms with Gasteiger partial charge in [-0.05, 0) is 37.0 Å². The van der Waals surface area contributed by atoms with E-state index >= 15 is 0 Å². The van der Waals surface area contributed by atoms with E-state index in [-0.39, 0.29) is 0 Å². The lowest BCUT2D eigenvalue weighted by Crippen LogP contribution is -2.27. The van der Waals surface area contributed by atoms with Gasteiger partial charge in [0.25, 0.3) is 0 Å². The van der Waals surface area contributed by atoms with Crippen LogP contribution >= 0.6 is 0 Å². The van der Waals surface area contributed by atoms with E-state index in [4.69, 9.17) is 4.74 Å². The van der Waals surface area contributed by atoms with E-state index in [9.17, 15) is 5.11 Å². The second-order valence-electron chi connectivity index (χ2n) is 6.91. The Kier molecular flexibility index (Phi) is 5.55. The molecule has 0 aliphatic rings. The van der Waals surface area contributed by atoms with Crippen molar-refractivity contribution >= 4 is 0 Å². The van der Waals surface area contributed by atoms with Gasteiger partial charge in [0.05, 0.1) is 5.60 Å². The van der Waals surface area contributed by atoms with E-state index in [1.54, 1.807) is 0 Å². The molecule has 0 aliphatic carbocycles. The SMILES string of the molecule is CCC(C)(OC(O)c1ccc(-c2ccc(C)cc2)cc1)c1ccccc1. The third-order valence-corrected chi connectivity index (χ3v) is 5.01. The van der Waals surface area contributed by atoms with Crippen LogP contribution in [-0.4, -0.2) is 5.11 Å². The highest BCUT2D eigenvalue weighted by Gasteiger charge is 2.29. The Morgan fingerprint density at radius 3 is 1.92 bits per heavy atom. The number of benzene rings is 3. The number of ether oxygens (including phenoxy) is 1. The van der Waals surface area contributed by atoms with Gasteiger partial charge in [0, 0.05) is 5.56 Å². The smallest absolute Gasteiger partial charge is 0.182 e. The summed E-state index contributed by atoms with van der Waals surface area (Å²) in [7, 11) is 0. The molecule has 0 bridgehead atoms. The Labute approximate surface area is 156 Å². The van der Waals surface area contributed by atoms with Crippen LogP contribution < -0.4 is 0 Å². The van der Waals surface area contributed by atoms with E-state index < -0.39 is 11.9 Å². The molecule has 134 valence electrons. The summed E-state index contributed by atoms with van der Waals surface area (Å²) in [6, 6.07) is 26.4. The average molecular weight is 346 g/mol. The first-order chi connectivity index (χ1) is 12.5. The van der Waals surface area contributed by atoms with Crippen molar-refractivity contribution in [1.82, 2.24) is 0 Å². The van der Waals surface area contributed by atoms with Crippen LogP contribution in [0.4, 0.5) is 0 Å². The van der Waals surface area contributed by atoms with Crippen molar-refractivity contribution in [3.63, 3.8) is 0 Å². The fraction of sp³-hybridized carbons (Fsp3) is 0.250. The Hall–Kier alpha value is -2.42. The van der Waals surface area contributed by atoms with E-state index in [1.165, 1.54) is 11.1 Å². The molecule has 2 heteroatoms. The summed E-state index contributed by atoms with van der Waals surface area (Å²) in [5.74, 6) is 0. The van der Waals surface area contributed by atoms with Crippen molar-refractivity contribution in [2.24, 2.45) is 0 Å². The third kappa shape index (κ3) is 4.04. The number of rotatable bonds is 6. The monoisotopic (exact) mass is 346 g/mol. The molecule has 0 aliphatic heterocycles. The van der Waals surface area contributed by atoms with Gasteiger partial charge in [0.2, 0.25) is 0 Å². The number of aliphatic hydroxyl groups is 1. The minimum atomic E-state index is -0.966. The molecule has 0 aromatic heterocycles. The summed E-state index contributed by atoms with van der Waals surface area (Å²) in [4.78, 5) is 0. The normalized spacial score (nSPS) is 14.6. The van der Waals surface area contributed by atoms with Gasteiger partial charge in [-0.1, -0.05) is 91.3 Å². The molecule has 0 saturated heterocycles. The Balaban J connectivity index is 1.77. The van der Waals surface area contributed by atoms with Gasteiger partial charge in [-0.3, -0.25) is 0 Å². The second-order valence-corrected chi connectivity index (χ2v) is 6.91. The fourth-order valence-electron chi connectivity index (χ4n) is 3.05. The third-order valence-electron chi connectivity index (χ3n) is 5.01. The zero-order valence-electron chi connectivity index (χ0n) is 15.6. The molecule has 2 unspecified atom stereocenters. The van der Waals surface area contributed by atoms with E-state index in [2.05, 4.69) is 38.1 Å².